The Morgan fingerprint density at radius 1 is 0.971 bits per heavy atom. The molecule has 3 aromatic carbocycles. The number of amides is 2. The molecule has 34 heavy (non-hydrogen) atoms. The van der Waals surface area contributed by atoms with E-state index in [0.29, 0.717) is 35.7 Å². The largest absolute Gasteiger partial charge is 0.497 e. The molecule has 2 amide bonds. The number of likely N-dealkylation sites (tertiary alicyclic amines) is 1. The van der Waals surface area contributed by atoms with Gasteiger partial charge in [-0.25, -0.2) is 4.98 Å². The van der Waals surface area contributed by atoms with Gasteiger partial charge in [0.2, 0.25) is 0 Å². The standard InChI is InChI=1S/C27H25N3O4/c1-33-20-12-10-18(11-13-20)25(31)28-22-7-3-2-6-21(22)27(32)30-16-14-19(15-17-30)26-29-23-8-4-5-9-24(23)34-26/h2-13,19H,14-17H2,1H3,(H,28,31). The molecule has 1 aliphatic heterocycles. The van der Waals surface area contributed by atoms with E-state index in [1.807, 2.05) is 29.2 Å². The van der Waals surface area contributed by atoms with Gasteiger partial charge >= 0.3 is 0 Å². The van der Waals surface area contributed by atoms with E-state index in [-0.39, 0.29) is 17.7 Å². The number of benzene rings is 3. The number of methoxy groups -OCH3 is 1. The lowest BCUT2D eigenvalue weighted by atomic mass is 9.96. The molecule has 0 atom stereocenters. The zero-order valence-electron chi connectivity index (χ0n) is 18.9. The Morgan fingerprint density at radius 2 is 1.68 bits per heavy atom. The predicted octanol–water partition coefficient (Wildman–Crippen LogP) is 5.11. The maximum absolute atomic E-state index is 13.3. The highest BCUT2D eigenvalue weighted by atomic mass is 16.5. The highest BCUT2D eigenvalue weighted by Gasteiger charge is 2.28. The summed E-state index contributed by atoms with van der Waals surface area (Å²) in [6.07, 6.45) is 1.55. The molecular formula is C27H25N3O4. The van der Waals surface area contributed by atoms with E-state index < -0.39 is 0 Å². The summed E-state index contributed by atoms with van der Waals surface area (Å²) < 4.78 is 11.1. The van der Waals surface area contributed by atoms with E-state index in [9.17, 15) is 9.59 Å². The van der Waals surface area contributed by atoms with E-state index in [1.165, 1.54) is 0 Å². The topological polar surface area (TPSA) is 84.7 Å². The van der Waals surface area contributed by atoms with Crippen molar-refractivity contribution in [2.45, 2.75) is 18.8 Å². The molecule has 7 heteroatoms. The number of aromatic nitrogens is 1. The van der Waals surface area contributed by atoms with Crippen LogP contribution in [-0.4, -0.2) is 41.9 Å². The Hall–Kier alpha value is -4.13. The molecule has 4 aromatic rings. The first-order valence-electron chi connectivity index (χ1n) is 11.3. The van der Waals surface area contributed by atoms with Crippen molar-refractivity contribution in [2.24, 2.45) is 0 Å². The lowest BCUT2D eigenvalue weighted by Crippen LogP contribution is -2.38. The van der Waals surface area contributed by atoms with Crippen LogP contribution < -0.4 is 10.1 Å². The van der Waals surface area contributed by atoms with Gasteiger partial charge in [-0.3, -0.25) is 9.59 Å². The summed E-state index contributed by atoms with van der Waals surface area (Å²) >= 11 is 0. The molecule has 0 saturated carbocycles. The number of para-hydroxylation sites is 3. The van der Waals surface area contributed by atoms with Crippen molar-refractivity contribution in [2.75, 3.05) is 25.5 Å². The molecular weight excluding hydrogens is 430 g/mol. The number of carbonyl (C=O) groups excluding carboxylic acids is 2. The third-order valence-corrected chi connectivity index (χ3v) is 6.20. The highest BCUT2D eigenvalue weighted by Crippen LogP contribution is 2.31. The van der Waals surface area contributed by atoms with Gasteiger partial charge in [-0.2, -0.15) is 0 Å². The Labute approximate surface area is 197 Å². The van der Waals surface area contributed by atoms with E-state index in [2.05, 4.69) is 10.3 Å². The second kappa shape index (κ2) is 9.39. The van der Waals surface area contributed by atoms with Crippen LogP contribution in [0.15, 0.2) is 77.2 Å². The van der Waals surface area contributed by atoms with Gasteiger partial charge in [-0.1, -0.05) is 24.3 Å². The summed E-state index contributed by atoms with van der Waals surface area (Å²) in [5, 5.41) is 2.88. The Kier molecular flexibility index (Phi) is 5.99. The second-order valence-corrected chi connectivity index (χ2v) is 8.31. The number of nitrogens with one attached hydrogen (secondary N) is 1. The van der Waals surface area contributed by atoms with Crippen LogP contribution in [0.5, 0.6) is 5.75 Å². The van der Waals surface area contributed by atoms with Crippen LogP contribution in [-0.2, 0) is 0 Å². The molecule has 1 aliphatic rings. The SMILES string of the molecule is COc1ccc(C(=O)Nc2ccccc2C(=O)N2CCC(c3nc4ccccc4o3)CC2)cc1. The van der Waals surface area contributed by atoms with Gasteiger partial charge in [-0.05, 0) is 61.4 Å². The number of anilines is 1. The summed E-state index contributed by atoms with van der Waals surface area (Å²) in [4.78, 5) is 32.5. The number of piperidine rings is 1. The van der Waals surface area contributed by atoms with Crippen molar-refractivity contribution in [3.8, 4) is 5.75 Å². The number of hydrogen-bond donors (Lipinski definition) is 1. The number of nitrogens with zero attached hydrogens (tertiary/aromatic N) is 2. The lowest BCUT2D eigenvalue weighted by molar-refractivity contribution is 0.0708. The van der Waals surface area contributed by atoms with Gasteiger partial charge in [0.05, 0.1) is 18.4 Å². The van der Waals surface area contributed by atoms with Crippen LogP contribution in [0.25, 0.3) is 11.1 Å². The number of carbonyl (C=O) groups is 2. The van der Waals surface area contributed by atoms with Gasteiger partial charge in [-0.15, -0.1) is 0 Å². The van der Waals surface area contributed by atoms with Crippen LogP contribution in [0.4, 0.5) is 5.69 Å². The first-order valence-corrected chi connectivity index (χ1v) is 11.3. The molecule has 1 saturated heterocycles. The third-order valence-electron chi connectivity index (χ3n) is 6.20. The molecule has 0 bridgehead atoms. The first kappa shape index (κ1) is 21.7. The minimum atomic E-state index is -0.280. The number of rotatable bonds is 5. The zero-order valence-corrected chi connectivity index (χ0v) is 18.9. The molecule has 0 spiro atoms. The van der Waals surface area contributed by atoms with Gasteiger partial charge in [0.1, 0.15) is 11.3 Å². The number of ether oxygens (including phenoxy) is 1. The van der Waals surface area contributed by atoms with Crippen molar-refractivity contribution in [1.82, 2.24) is 9.88 Å². The van der Waals surface area contributed by atoms with Gasteiger partial charge in [0.15, 0.2) is 11.5 Å². The van der Waals surface area contributed by atoms with Crippen molar-refractivity contribution in [3.63, 3.8) is 0 Å². The minimum absolute atomic E-state index is 0.0957. The number of oxazole rings is 1. The van der Waals surface area contributed by atoms with Crippen LogP contribution in [0.2, 0.25) is 0 Å². The van der Waals surface area contributed by atoms with Crippen molar-refractivity contribution >= 4 is 28.6 Å². The summed E-state index contributed by atoms with van der Waals surface area (Å²) in [5.74, 6) is 1.22. The Balaban J connectivity index is 1.26. The van der Waals surface area contributed by atoms with Crippen LogP contribution in [0.1, 0.15) is 45.4 Å². The quantitative estimate of drug-likeness (QED) is 0.452. The van der Waals surface area contributed by atoms with Gasteiger partial charge < -0.3 is 19.4 Å². The second-order valence-electron chi connectivity index (χ2n) is 8.31. The van der Waals surface area contributed by atoms with Crippen LogP contribution in [0, 0.1) is 0 Å². The average Bonchev–Trinajstić information content (AvgIpc) is 3.33. The maximum atomic E-state index is 13.3. The summed E-state index contributed by atoms with van der Waals surface area (Å²) in [6.45, 7) is 1.20. The molecule has 0 aliphatic carbocycles. The van der Waals surface area contributed by atoms with E-state index in [0.717, 1.165) is 29.8 Å². The molecule has 172 valence electrons. The number of hydrogen-bond acceptors (Lipinski definition) is 5. The third kappa shape index (κ3) is 4.37. The number of fused-ring (bicyclic) bond motifs is 1. The summed E-state index contributed by atoms with van der Waals surface area (Å²) in [7, 11) is 1.58. The van der Waals surface area contributed by atoms with E-state index >= 15 is 0 Å². The summed E-state index contributed by atoms with van der Waals surface area (Å²) in [5.41, 5.74) is 3.11. The molecule has 1 aromatic heterocycles. The van der Waals surface area contributed by atoms with Crippen LogP contribution >= 0.6 is 0 Å². The molecule has 5 rings (SSSR count). The average molecular weight is 456 g/mol. The fourth-order valence-corrected chi connectivity index (χ4v) is 4.28. The fourth-order valence-electron chi connectivity index (χ4n) is 4.28. The molecule has 0 unspecified atom stereocenters. The highest BCUT2D eigenvalue weighted by molar-refractivity contribution is 6.09. The minimum Gasteiger partial charge on any atom is -0.497 e. The van der Waals surface area contributed by atoms with Gasteiger partial charge in [0, 0.05) is 24.6 Å². The smallest absolute Gasteiger partial charge is 0.255 e. The van der Waals surface area contributed by atoms with E-state index in [1.54, 1.807) is 55.6 Å². The normalized spacial score (nSPS) is 14.2. The van der Waals surface area contributed by atoms with Crippen molar-refractivity contribution in [1.29, 1.82) is 0 Å². The lowest BCUT2D eigenvalue weighted by Gasteiger charge is -2.31. The molecule has 1 N–H and O–H groups in total. The zero-order chi connectivity index (χ0) is 23.5. The summed E-state index contributed by atoms with van der Waals surface area (Å²) in [6, 6.07) is 21.7. The Morgan fingerprint density at radius 3 is 2.41 bits per heavy atom. The molecule has 1 fully saturated rings. The Bertz CT molecular complexity index is 1290. The van der Waals surface area contributed by atoms with Gasteiger partial charge in [0.25, 0.3) is 11.8 Å². The fraction of sp³-hybridized carbons (Fsp3) is 0.222. The van der Waals surface area contributed by atoms with Crippen molar-refractivity contribution in [3.05, 3.63) is 89.8 Å². The first-order chi connectivity index (χ1) is 16.6. The monoisotopic (exact) mass is 455 g/mol. The molecule has 0 radical (unpaired) electrons. The predicted molar refractivity (Wildman–Crippen MR) is 129 cm³/mol. The van der Waals surface area contributed by atoms with Crippen molar-refractivity contribution < 1.29 is 18.7 Å². The van der Waals surface area contributed by atoms with Crippen LogP contribution in [0.3, 0.4) is 0 Å². The molecule has 2 heterocycles. The molecule has 7 nitrogen and oxygen atoms in total. The maximum Gasteiger partial charge on any atom is 0.255 e. The van der Waals surface area contributed by atoms with E-state index in [4.69, 9.17) is 9.15 Å².